The Balaban J connectivity index is 1.16. The van der Waals surface area contributed by atoms with Crippen LogP contribution in [0.5, 0.6) is 0 Å². The molecule has 4 heterocycles. The first kappa shape index (κ1) is 36.5. The Hall–Kier alpha value is -9.12. The standard InChI is InChI=1S/C58H34N6O/c59-35-40-32-47(58-61-56(37-19-7-2-8-20-37)60-57(62-58)38-21-9-3-10-22-38)53-43-26-14-16-28-52(43)65-55(53)54(40)64-49-30-29-39(36-17-5-1-6-18-36)31-44(49)46-34-50-45(33-51(46)64)42-25-13-15-27-48(42)63(50)41-23-11-4-12-24-41/h1-34H. The molecule has 0 fully saturated rings. The molecule has 7 heteroatoms. The van der Waals surface area contributed by atoms with Gasteiger partial charge in [-0.15, -0.1) is 0 Å². The van der Waals surface area contributed by atoms with Crippen molar-refractivity contribution in [1.29, 1.82) is 5.26 Å². The maximum Gasteiger partial charge on any atom is 0.164 e. The molecule has 0 aliphatic carbocycles. The van der Waals surface area contributed by atoms with Crippen molar-refractivity contribution in [3.8, 4) is 62.7 Å². The highest BCUT2D eigenvalue weighted by atomic mass is 16.3. The van der Waals surface area contributed by atoms with Crippen LogP contribution >= 0.6 is 0 Å². The highest BCUT2D eigenvalue weighted by Crippen LogP contribution is 2.46. The lowest BCUT2D eigenvalue weighted by Gasteiger charge is -2.14. The Labute approximate surface area is 372 Å². The minimum absolute atomic E-state index is 0.423. The van der Waals surface area contributed by atoms with Crippen LogP contribution in [0.1, 0.15) is 5.56 Å². The number of furan rings is 1. The number of nitrogens with zero attached hydrogens (tertiary/aromatic N) is 6. The van der Waals surface area contributed by atoms with Crippen molar-refractivity contribution in [2.75, 3.05) is 0 Å². The van der Waals surface area contributed by atoms with Crippen LogP contribution in [0, 0.1) is 11.3 Å². The van der Waals surface area contributed by atoms with Crippen molar-refractivity contribution in [1.82, 2.24) is 24.1 Å². The van der Waals surface area contributed by atoms with Gasteiger partial charge in [-0.1, -0.05) is 152 Å². The van der Waals surface area contributed by atoms with E-state index in [9.17, 15) is 5.26 Å². The van der Waals surface area contributed by atoms with E-state index in [1.54, 1.807) is 0 Å². The predicted octanol–water partition coefficient (Wildman–Crippen LogP) is 14.5. The molecule has 4 aromatic heterocycles. The van der Waals surface area contributed by atoms with E-state index in [0.717, 1.165) is 82.3 Å². The van der Waals surface area contributed by atoms with Gasteiger partial charge < -0.3 is 13.6 Å². The van der Waals surface area contributed by atoms with Crippen molar-refractivity contribution < 1.29 is 4.42 Å². The van der Waals surface area contributed by atoms with E-state index in [-0.39, 0.29) is 0 Å². The molecule has 0 spiro atoms. The Morgan fingerprint density at radius 3 is 1.60 bits per heavy atom. The van der Waals surface area contributed by atoms with E-state index in [0.29, 0.717) is 45.5 Å². The zero-order chi connectivity index (χ0) is 43.0. The van der Waals surface area contributed by atoms with Crippen LogP contribution in [0.15, 0.2) is 211 Å². The Morgan fingerprint density at radius 1 is 0.400 bits per heavy atom. The van der Waals surface area contributed by atoms with Gasteiger partial charge in [0.25, 0.3) is 0 Å². The monoisotopic (exact) mass is 830 g/mol. The smallest absolute Gasteiger partial charge is 0.164 e. The van der Waals surface area contributed by atoms with Gasteiger partial charge in [-0.3, -0.25) is 0 Å². The van der Waals surface area contributed by atoms with E-state index in [4.69, 9.17) is 19.4 Å². The van der Waals surface area contributed by atoms with Crippen molar-refractivity contribution in [3.63, 3.8) is 0 Å². The molecule has 9 aromatic carbocycles. The molecular weight excluding hydrogens is 797 g/mol. The van der Waals surface area contributed by atoms with Crippen LogP contribution in [-0.4, -0.2) is 24.1 Å². The molecule has 0 atom stereocenters. The summed E-state index contributed by atoms with van der Waals surface area (Å²) in [5, 5.41) is 17.5. The molecule has 0 N–H and O–H groups in total. The van der Waals surface area contributed by atoms with E-state index in [1.807, 2.05) is 91.0 Å². The molecule has 0 saturated heterocycles. The number of hydrogen-bond acceptors (Lipinski definition) is 5. The molecule has 0 aliphatic heterocycles. The van der Waals surface area contributed by atoms with Crippen LogP contribution in [0.4, 0.5) is 0 Å². The van der Waals surface area contributed by atoms with Gasteiger partial charge in [0.05, 0.1) is 27.6 Å². The molecule has 13 aromatic rings. The van der Waals surface area contributed by atoms with Crippen LogP contribution in [-0.2, 0) is 0 Å². The molecule has 0 radical (unpaired) electrons. The number of para-hydroxylation sites is 3. The lowest BCUT2D eigenvalue weighted by atomic mass is 10.00. The summed E-state index contributed by atoms with van der Waals surface area (Å²) in [5.74, 6) is 1.52. The van der Waals surface area contributed by atoms with E-state index < -0.39 is 0 Å². The summed E-state index contributed by atoms with van der Waals surface area (Å²) in [4.78, 5) is 15.3. The highest BCUT2D eigenvalue weighted by Gasteiger charge is 2.27. The first-order chi connectivity index (χ1) is 32.2. The van der Waals surface area contributed by atoms with E-state index in [2.05, 4.69) is 130 Å². The van der Waals surface area contributed by atoms with Gasteiger partial charge in [-0.05, 0) is 65.7 Å². The average Bonchev–Trinajstić information content (AvgIpc) is 4.03. The molecule has 302 valence electrons. The lowest BCUT2D eigenvalue weighted by molar-refractivity contribution is 0.666. The maximum atomic E-state index is 11.4. The Bertz CT molecular complexity index is 3990. The topological polar surface area (TPSA) is 85.5 Å². The Kier molecular flexibility index (Phi) is 8.14. The van der Waals surface area contributed by atoms with Crippen molar-refractivity contribution in [3.05, 3.63) is 212 Å². The summed E-state index contributed by atoms with van der Waals surface area (Å²) in [6.45, 7) is 0. The van der Waals surface area contributed by atoms with E-state index >= 15 is 0 Å². The molecule has 0 amide bonds. The fraction of sp³-hybridized carbons (Fsp3) is 0. The lowest BCUT2D eigenvalue weighted by Crippen LogP contribution is -2.03. The normalized spacial score (nSPS) is 11.7. The number of benzene rings is 9. The van der Waals surface area contributed by atoms with Gasteiger partial charge in [0.15, 0.2) is 23.1 Å². The summed E-state index contributed by atoms with van der Waals surface area (Å²) in [5.41, 5.74) is 12.2. The Morgan fingerprint density at radius 2 is 0.923 bits per heavy atom. The zero-order valence-corrected chi connectivity index (χ0v) is 34.7. The SMILES string of the molecule is N#Cc1cc(-c2nc(-c3ccccc3)nc(-c3ccccc3)n2)c2c(oc3ccccc32)c1-n1c2ccc(-c3ccccc3)cc2c2cc3c(cc21)c1ccccc1n3-c1ccccc1. The second kappa shape index (κ2) is 14.5. The van der Waals surface area contributed by atoms with Gasteiger partial charge in [0.2, 0.25) is 0 Å². The minimum atomic E-state index is 0.423. The number of hydrogen-bond donors (Lipinski definition) is 0. The molecular formula is C58H34N6O. The quantitative estimate of drug-likeness (QED) is 0.167. The number of fused-ring (bicyclic) bond motifs is 9. The first-order valence-electron chi connectivity index (χ1n) is 21.6. The summed E-state index contributed by atoms with van der Waals surface area (Å²) in [7, 11) is 0. The summed E-state index contributed by atoms with van der Waals surface area (Å²) < 4.78 is 11.6. The molecule has 65 heavy (non-hydrogen) atoms. The van der Waals surface area contributed by atoms with Gasteiger partial charge in [0, 0.05) is 54.7 Å². The van der Waals surface area contributed by atoms with Gasteiger partial charge in [-0.2, -0.15) is 5.26 Å². The van der Waals surface area contributed by atoms with Crippen molar-refractivity contribution in [2.24, 2.45) is 0 Å². The fourth-order valence-electron chi connectivity index (χ4n) is 9.69. The zero-order valence-electron chi connectivity index (χ0n) is 34.7. The third-order valence-corrected chi connectivity index (χ3v) is 12.6. The first-order valence-corrected chi connectivity index (χ1v) is 21.6. The summed E-state index contributed by atoms with van der Waals surface area (Å²) >= 11 is 0. The second-order valence-corrected chi connectivity index (χ2v) is 16.3. The van der Waals surface area contributed by atoms with Crippen LogP contribution in [0.2, 0.25) is 0 Å². The van der Waals surface area contributed by atoms with Gasteiger partial charge in [-0.25, -0.2) is 15.0 Å². The highest BCUT2D eigenvalue weighted by molar-refractivity contribution is 6.21. The minimum Gasteiger partial charge on any atom is -0.454 e. The largest absolute Gasteiger partial charge is 0.454 e. The molecule has 0 bridgehead atoms. The number of aromatic nitrogens is 5. The van der Waals surface area contributed by atoms with E-state index in [1.165, 1.54) is 0 Å². The van der Waals surface area contributed by atoms with Crippen LogP contribution < -0.4 is 0 Å². The molecule has 7 nitrogen and oxygen atoms in total. The maximum absolute atomic E-state index is 11.4. The fourth-order valence-corrected chi connectivity index (χ4v) is 9.69. The van der Waals surface area contributed by atoms with Gasteiger partial charge >= 0.3 is 0 Å². The van der Waals surface area contributed by atoms with Crippen LogP contribution in [0.3, 0.4) is 0 Å². The molecule has 0 unspecified atom stereocenters. The summed E-state index contributed by atoms with van der Waals surface area (Å²) in [6, 6.07) is 73.3. The average molecular weight is 831 g/mol. The van der Waals surface area contributed by atoms with Crippen LogP contribution in [0.25, 0.3) is 122 Å². The van der Waals surface area contributed by atoms with Crippen molar-refractivity contribution >= 4 is 65.6 Å². The number of rotatable bonds is 6. The number of nitriles is 1. The summed E-state index contributed by atoms with van der Waals surface area (Å²) in [6.07, 6.45) is 0. The molecule has 13 rings (SSSR count). The third kappa shape index (κ3) is 5.71. The third-order valence-electron chi connectivity index (χ3n) is 12.6. The molecule has 0 saturated carbocycles. The predicted molar refractivity (Wildman–Crippen MR) is 262 cm³/mol. The second-order valence-electron chi connectivity index (χ2n) is 16.3. The molecule has 0 aliphatic rings. The van der Waals surface area contributed by atoms with Crippen molar-refractivity contribution in [2.45, 2.75) is 0 Å². The van der Waals surface area contributed by atoms with Gasteiger partial charge in [0.1, 0.15) is 17.3 Å².